The average molecular weight is 510 g/mol. The minimum Gasteiger partial charge on any atom is -0.497 e. The maximum absolute atomic E-state index is 13.4. The Labute approximate surface area is 205 Å². The molecule has 0 saturated carbocycles. The van der Waals surface area contributed by atoms with Gasteiger partial charge in [0.2, 0.25) is 0 Å². The van der Waals surface area contributed by atoms with Gasteiger partial charge in [-0.3, -0.25) is 4.57 Å². The second kappa shape index (κ2) is 11.3. The summed E-state index contributed by atoms with van der Waals surface area (Å²) in [5, 5.41) is 0. The molecule has 2 unspecified atom stereocenters. The molecule has 34 heavy (non-hydrogen) atoms. The monoisotopic (exact) mass is 509 g/mol. The summed E-state index contributed by atoms with van der Waals surface area (Å²) in [6.45, 7) is 11.2. The number of pyridine rings is 1. The van der Waals surface area contributed by atoms with E-state index in [0.717, 1.165) is 23.3 Å². The highest BCUT2D eigenvalue weighted by molar-refractivity contribution is 7.84. The van der Waals surface area contributed by atoms with Gasteiger partial charge in [0, 0.05) is 24.7 Å². The molecular formula is C24H36N3O5PS. The molecule has 3 rings (SSSR count). The van der Waals surface area contributed by atoms with Crippen LogP contribution in [0.15, 0.2) is 36.4 Å². The number of rotatable bonds is 10. The first-order valence-electron chi connectivity index (χ1n) is 11.6. The molecule has 8 nitrogen and oxygen atoms in total. The highest BCUT2D eigenvalue weighted by Crippen LogP contribution is 2.47. The van der Waals surface area contributed by atoms with Crippen LogP contribution in [-0.2, 0) is 31.1 Å². The van der Waals surface area contributed by atoms with Crippen LogP contribution >= 0.6 is 7.60 Å². The van der Waals surface area contributed by atoms with Crippen LogP contribution in [0, 0.1) is 0 Å². The molecule has 1 aliphatic heterocycles. The van der Waals surface area contributed by atoms with E-state index in [4.69, 9.17) is 18.8 Å². The van der Waals surface area contributed by atoms with Gasteiger partial charge in [-0.05, 0) is 64.8 Å². The highest BCUT2D eigenvalue weighted by Gasteiger charge is 2.34. The number of hydrogen-bond donors (Lipinski definition) is 1. The molecule has 2 heterocycles. The Balaban J connectivity index is 2.00. The molecule has 0 fully saturated rings. The lowest BCUT2D eigenvalue weighted by molar-refractivity contribution is 0.229. The Morgan fingerprint density at radius 1 is 1.12 bits per heavy atom. The fraction of sp³-hybridized carbons (Fsp3) is 0.542. The van der Waals surface area contributed by atoms with Gasteiger partial charge in [-0.1, -0.05) is 18.2 Å². The third kappa shape index (κ3) is 6.26. The van der Waals surface area contributed by atoms with E-state index < -0.39 is 23.3 Å². The first-order valence-corrected chi connectivity index (χ1v) is 14.3. The maximum Gasteiger partial charge on any atom is 0.379 e. The van der Waals surface area contributed by atoms with Crippen molar-refractivity contribution in [3.05, 3.63) is 47.5 Å². The summed E-state index contributed by atoms with van der Waals surface area (Å²) < 4.78 is 45.5. The van der Waals surface area contributed by atoms with E-state index in [0.29, 0.717) is 18.9 Å². The first-order chi connectivity index (χ1) is 16.1. The summed E-state index contributed by atoms with van der Waals surface area (Å²) in [6, 6.07) is 11.4. The van der Waals surface area contributed by atoms with Crippen molar-refractivity contribution in [2.24, 2.45) is 0 Å². The lowest BCUT2D eigenvalue weighted by Gasteiger charge is -2.36. The smallest absolute Gasteiger partial charge is 0.379 e. The molecule has 1 N–H and O–H groups in total. The first kappa shape index (κ1) is 26.8. The second-order valence-corrected chi connectivity index (χ2v) is 13.0. The van der Waals surface area contributed by atoms with Crippen LogP contribution in [0.5, 0.6) is 5.75 Å². The summed E-state index contributed by atoms with van der Waals surface area (Å²) >= 11 is 0. The van der Waals surface area contributed by atoms with E-state index >= 15 is 0 Å². The average Bonchev–Trinajstić information content (AvgIpc) is 2.80. The lowest BCUT2D eigenvalue weighted by atomic mass is 10.00. The Kier molecular flexibility index (Phi) is 8.93. The molecule has 0 amide bonds. The van der Waals surface area contributed by atoms with Gasteiger partial charge < -0.3 is 18.7 Å². The molecule has 0 aliphatic carbocycles. The van der Waals surface area contributed by atoms with Crippen molar-refractivity contribution in [2.75, 3.05) is 31.8 Å². The molecule has 10 heteroatoms. The van der Waals surface area contributed by atoms with Gasteiger partial charge in [0.25, 0.3) is 0 Å². The third-order valence-electron chi connectivity index (χ3n) is 5.47. The van der Waals surface area contributed by atoms with E-state index in [2.05, 4.69) is 9.62 Å². The number of ether oxygens (including phenoxy) is 1. The van der Waals surface area contributed by atoms with E-state index in [1.165, 1.54) is 0 Å². The molecule has 2 aromatic rings. The lowest BCUT2D eigenvalue weighted by Crippen LogP contribution is -2.41. The fourth-order valence-electron chi connectivity index (χ4n) is 3.72. The quantitative estimate of drug-likeness (QED) is 0.472. The van der Waals surface area contributed by atoms with Gasteiger partial charge >= 0.3 is 7.60 Å². The van der Waals surface area contributed by atoms with Crippen molar-refractivity contribution in [1.29, 1.82) is 0 Å². The predicted octanol–water partition coefficient (Wildman–Crippen LogP) is 4.48. The molecule has 0 bridgehead atoms. The van der Waals surface area contributed by atoms with Crippen molar-refractivity contribution in [3.8, 4) is 5.75 Å². The molecule has 2 atom stereocenters. The Bertz CT molecular complexity index is 1030. The summed E-state index contributed by atoms with van der Waals surface area (Å²) in [5.41, 5.74) is 2.30. The molecule has 188 valence electrons. The number of anilines is 1. The third-order valence-corrected chi connectivity index (χ3v) is 9.09. The number of fused-ring (bicyclic) bond motifs is 1. The number of methoxy groups -OCH3 is 1. The van der Waals surface area contributed by atoms with E-state index in [1.807, 2.05) is 51.1 Å². The van der Waals surface area contributed by atoms with Crippen molar-refractivity contribution in [1.82, 2.24) is 9.71 Å². The Morgan fingerprint density at radius 2 is 1.76 bits per heavy atom. The summed E-state index contributed by atoms with van der Waals surface area (Å²) in [6.07, 6.45) is 0.764. The molecular weight excluding hydrogens is 473 g/mol. The van der Waals surface area contributed by atoms with Crippen LogP contribution in [0.4, 0.5) is 5.82 Å². The fourth-order valence-corrected chi connectivity index (χ4v) is 6.07. The van der Waals surface area contributed by atoms with Gasteiger partial charge in [-0.2, -0.15) is 0 Å². The second-order valence-electron chi connectivity index (χ2n) is 9.03. The van der Waals surface area contributed by atoms with Gasteiger partial charge in [-0.25, -0.2) is 13.9 Å². The molecule has 0 spiro atoms. The zero-order chi connectivity index (χ0) is 24.9. The van der Waals surface area contributed by atoms with Crippen LogP contribution in [-0.4, -0.2) is 40.8 Å². The van der Waals surface area contributed by atoms with Crippen molar-refractivity contribution in [3.63, 3.8) is 0 Å². The minimum atomic E-state index is -3.55. The zero-order valence-electron chi connectivity index (χ0n) is 20.9. The Morgan fingerprint density at radius 3 is 2.32 bits per heavy atom. The van der Waals surface area contributed by atoms with Crippen molar-refractivity contribution < 1.29 is 22.6 Å². The van der Waals surface area contributed by atoms with Gasteiger partial charge in [0.05, 0.1) is 36.1 Å². The predicted molar refractivity (Wildman–Crippen MR) is 137 cm³/mol. The van der Waals surface area contributed by atoms with Crippen LogP contribution in [0.2, 0.25) is 0 Å². The van der Waals surface area contributed by atoms with E-state index in [-0.39, 0.29) is 24.7 Å². The zero-order valence-corrected chi connectivity index (χ0v) is 22.6. The molecule has 1 aromatic carbocycles. The number of benzene rings is 1. The number of nitrogens with zero attached hydrogens (tertiary/aromatic N) is 2. The molecule has 1 aromatic heterocycles. The number of nitrogens with one attached hydrogen (secondary N) is 1. The summed E-state index contributed by atoms with van der Waals surface area (Å²) in [7, 11) is -3.14. The van der Waals surface area contributed by atoms with Crippen LogP contribution in [0.3, 0.4) is 0 Å². The topological polar surface area (TPSA) is 90.0 Å². The normalized spacial score (nSPS) is 17.4. The van der Waals surface area contributed by atoms with E-state index in [1.54, 1.807) is 27.0 Å². The van der Waals surface area contributed by atoms with Crippen LogP contribution in [0.1, 0.15) is 58.2 Å². The number of aromatic nitrogens is 1. The van der Waals surface area contributed by atoms with Gasteiger partial charge in [-0.15, -0.1) is 0 Å². The van der Waals surface area contributed by atoms with E-state index in [9.17, 15) is 8.77 Å². The van der Waals surface area contributed by atoms with Crippen molar-refractivity contribution >= 4 is 29.8 Å². The Hall–Kier alpha value is -1.77. The SMILES string of the molecule is CCOP(=O)(OCC)c1ccc2c(n1)N(Cc1ccc(OC)cc1)CCC2NS(=O)C(C)(C)C. The van der Waals surface area contributed by atoms with Crippen LogP contribution in [0.25, 0.3) is 0 Å². The molecule has 0 radical (unpaired) electrons. The standard InChI is InChI=1S/C24H36N3O5PS/c1-7-31-33(28,32-8-2)22-14-13-20-21(26-34(29)24(3,4)5)15-16-27(23(20)25-22)17-18-9-11-19(30-6)12-10-18/h9-14,21,26H,7-8,15-17H2,1-6H3. The van der Waals surface area contributed by atoms with Crippen LogP contribution < -0.4 is 19.8 Å². The maximum atomic E-state index is 13.4. The van der Waals surface area contributed by atoms with Crippen molar-refractivity contribution in [2.45, 2.75) is 58.4 Å². The van der Waals surface area contributed by atoms with Gasteiger partial charge in [0.1, 0.15) is 11.6 Å². The van der Waals surface area contributed by atoms with Gasteiger partial charge in [0.15, 0.2) is 5.44 Å². The molecule has 1 aliphatic rings. The largest absolute Gasteiger partial charge is 0.497 e. The summed E-state index contributed by atoms with van der Waals surface area (Å²) in [5.74, 6) is 1.49. The molecule has 0 saturated heterocycles. The summed E-state index contributed by atoms with van der Waals surface area (Å²) in [4.78, 5) is 6.96. The number of hydrogen-bond acceptors (Lipinski definition) is 7. The highest BCUT2D eigenvalue weighted by atomic mass is 32.2. The minimum absolute atomic E-state index is 0.137.